The van der Waals surface area contributed by atoms with Crippen molar-refractivity contribution in [2.75, 3.05) is 45.3 Å². The molecular weight excluding hydrogens is 498 g/mol. The van der Waals surface area contributed by atoms with E-state index in [9.17, 15) is 14.4 Å². The minimum absolute atomic E-state index is 0.0778. The van der Waals surface area contributed by atoms with Crippen LogP contribution in [0.5, 0.6) is 0 Å². The number of likely N-dealkylation sites (N-methyl/N-ethyl adjacent to an activating group) is 2. The Morgan fingerprint density at radius 2 is 2.09 bits per heavy atom. The molecule has 0 radical (unpaired) electrons. The summed E-state index contributed by atoms with van der Waals surface area (Å²) in [5, 5.41) is 8.74. The molecule has 1 aromatic carbocycles. The Balaban J connectivity index is 1.62. The summed E-state index contributed by atoms with van der Waals surface area (Å²) in [6.45, 7) is 1.54. The molecule has 0 bridgehead atoms. The number of nitrogens with zero attached hydrogens (tertiary/aromatic N) is 3. The Morgan fingerprint density at radius 1 is 1.35 bits per heavy atom. The van der Waals surface area contributed by atoms with Gasteiger partial charge in [0.05, 0.1) is 16.4 Å². The van der Waals surface area contributed by atoms with Gasteiger partial charge in [0.25, 0.3) is 11.8 Å². The van der Waals surface area contributed by atoms with Crippen LogP contribution in [-0.2, 0) is 22.6 Å². The van der Waals surface area contributed by atoms with Crippen molar-refractivity contribution in [3.63, 3.8) is 0 Å². The number of carbonyl (C=O) groups is 3. The number of thiocarbonyl (C=S) groups is 1. The van der Waals surface area contributed by atoms with Crippen molar-refractivity contribution in [2.45, 2.75) is 19.0 Å². The van der Waals surface area contributed by atoms with E-state index in [1.165, 1.54) is 22.3 Å². The zero-order valence-corrected chi connectivity index (χ0v) is 21.4. The maximum absolute atomic E-state index is 12.9. The number of carbonyl (C=O) groups excluding carboxylic acids is 3. The summed E-state index contributed by atoms with van der Waals surface area (Å²) in [6, 6.07) is 3.69. The van der Waals surface area contributed by atoms with Crippen LogP contribution in [0.1, 0.15) is 20.4 Å². The number of nitrogens with one attached hydrogen (secondary N) is 3. The quantitative estimate of drug-likeness (QED) is 0.327. The van der Waals surface area contributed by atoms with Gasteiger partial charge in [0.1, 0.15) is 6.04 Å². The summed E-state index contributed by atoms with van der Waals surface area (Å²) in [6.07, 6.45) is 0.778. The Hall–Kier alpha value is -2.80. The molecule has 3 amide bonds. The smallest absolute Gasteiger partial charge is 0.283 e. The number of benzene rings is 1. The number of nitrogens with two attached hydrogens (primary N) is 1. The Kier molecular flexibility index (Phi) is 8.42. The Morgan fingerprint density at radius 3 is 2.76 bits per heavy atom. The summed E-state index contributed by atoms with van der Waals surface area (Å²) < 4.78 is 0. The fraction of sp³-hybridized carbons (Fsp3) is 0.381. The summed E-state index contributed by atoms with van der Waals surface area (Å²) in [7, 11) is 5.17. The van der Waals surface area contributed by atoms with E-state index in [-0.39, 0.29) is 17.4 Å². The molecule has 34 heavy (non-hydrogen) atoms. The largest absolute Gasteiger partial charge is 0.397 e. The zero-order chi connectivity index (χ0) is 25.0. The lowest BCUT2D eigenvalue weighted by molar-refractivity contribution is -0.130. The monoisotopic (exact) mass is 523 g/mol. The number of hydrogen-bond donors (Lipinski definition) is 4. The van der Waals surface area contributed by atoms with E-state index in [0.717, 1.165) is 30.1 Å². The molecule has 10 nitrogen and oxygen atoms in total. The zero-order valence-electron chi connectivity index (χ0n) is 19.0. The average Bonchev–Trinajstić information content (AvgIpc) is 3.21. The molecule has 1 aliphatic heterocycles. The number of fused-ring (bicyclic) bond motifs is 1. The summed E-state index contributed by atoms with van der Waals surface area (Å²) in [5.41, 5.74) is 7.40. The SMILES string of the molecule is CN1CCc2nc(C(=O)NC(CNC(=S)C(=O)Nc3ccc(Cl)c(N)c3)C(=O)N(C)C)sc2C1. The van der Waals surface area contributed by atoms with Crippen LogP contribution < -0.4 is 21.7 Å². The third kappa shape index (κ3) is 6.41. The highest BCUT2D eigenvalue weighted by Gasteiger charge is 2.27. The second kappa shape index (κ2) is 11.1. The van der Waals surface area contributed by atoms with Gasteiger partial charge in [0, 0.05) is 50.7 Å². The van der Waals surface area contributed by atoms with Gasteiger partial charge in [-0.15, -0.1) is 11.3 Å². The van der Waals surface area contributed by atoms with Crippen LogP contribution in [0.25, 0.3) is 0 Å². The highest BCUT2D eigenvalue weighted by atomic mass is 35.5. The lowest BCUT2D eigenvalue weighted by Crippen LogP contribution is -2.53. The van der Waals surface area contributed by atoms with Crippen LogP contribution in [0, 0.1) is 0 Å². The van der Waals surface area contributed by atoms with E-state index in [2.05, 4.69) is 25.8 Å². The summed E-state index contributed by atoms with van der Waals surface area (Å²) in [4.78, 5) is 46.8. The van der Waals surface area contributed by atoms with Gasteiger partial charge < -0.3 is 31.5 Å². The van der Waals surface area contributed by atoms with Gasteiger partial charge in [0.15, 0.2) is 10.00 Å². The average molecular weight is 524 g/mol. The van der Waals surface area contributed by atoms with Crippen LogP contribution in [0.3, 0.4) is 0 Å². The molecule has 1 aliphatic rings. The lowest BCUT2D eigenvalue weighted by atomic mass is 10.2. The number of amides is 3. The number of halogens is 1. The minimum atomic E-state index is -0.956. The standard InChI is InChI=1S/C21H26ClN7O3S2/c1-28(2)21(32)15(26-18(31)20-27-14-6-7-29(3)10-16(14)34-20)9-24-19(33)17(30)25-11-4-5-12(22)13(23)8-11/h4-5,8,15H,6-7,9-10,23H2,1-3H3,(H,24,33)(H,25,30)(H,26,31). The van der Waals surface area contributed by atoms with Gasteiger partial charge in [0.2, 0.25) is 5.91 Å². The van der Waals surface area contributed by atoms with Crippen molar-refractivity contribution in [3.05, 3.63) is 38.8 Å². The maximum atomic E-state index is 12.9. The molecule has 0 fully saturated rings. The van der Waals surface area contributed by atoms with E-state index >= 15 is 0 Å². The molecule has 13 heteroatoms. The van der Waals surface area contributed by atoms with E-state index in [1.807, 2.05) is 7.05 Å². The molecule has 1 unspecified atom stereocenters. The van der Waals surface area contributed by atoms with Crippen LogP contribution in [0.2, 0.25) is 5.02 Å². The first-order valence-corrected chi connectivity index (χ1v) is 12.0. The maximum Gasteiger partial charge on any atom is 0.283 e. The molecule has 5 N–H and O–H groups in total. The predicted molar refractivity (Wildman–Crippen MR) is 137 cm³/mol. The molecule has 0 saturated heterocycles. The Labute approximate surface area is 211 Å². The molecule has 0 spiro atoms. The van der Waals surface area contributed by atoms with Crippen LogP contribution >= 0.6 is 35.2 Å². The predicted octanol–water partition coefficient (Wildman–Crippen LogP) is 1.11. The van der Waals surface area contributed by atoms with Crippen LogP contribution in [0.15, 0.2) is 18.2 Å². The number of thiazole rings is 1. The molecule has 182 valence electrons. The second-order valence-corrected chi connectivity index (χ2v) is 9.93. The number of hydrogen-bond acceptors (Lipinski definition) is 8. The molecular formula is C21H26ClN7O3S2. The molecule has 2 aromatic rings. The van der Waals surface area contributed by atoms with E-state index in [1.54, 1.807) is 26.2 Å². The van der Waals surface area contributed by atoms with Crippen molar-refractivity contribution in [1.82, 2.24) is 25.4 Å². The number of nitrogen functional groups attached to an aromatic ring is 1. The van der Waals surface area contributed by atoms with Crippen molar-refractivity contribution in [2.24, 2.45) is 0 Å². The van der Waals surface area contributed by atoms with Crippen molar-refractivity contribution >= 4 is 69.2 Å². The van der Waals surface area contributed by atoms with Gasteiger partial charge in [-0.25, -0.2) is 4.98 Å². The van der Waals surface area contributed by atoms with Crippen LogP contribution in [0.4, 0.5) is 11.4 Å². The molecule has 2 heterocycles. The van der Waals surface area contributed by atoms with Crippen molar-refractivity contribution in [1.29, 1.82) is 0 Å². The first-order chi connectivity index (χ1) is 16.0. The van der Waals surface area contributed by atoms with Gasteiger partial charge >= 0.3 is 0 Å². The molecule has 0 aliphatic carbocycles. The molecule has 3 rings (SSSR count). The van der Waals surface area contributed by atoms with E-state index < -0.39 is 17.9 Å². The van der Waals surface area contributed by atoms with Crippen molar-refractivity contribution < 1.29 is 14.4 Å². The number of anilines is 2. The fourth-order valence-corrected chi connectivity index (χ4v) is 4.58. The fourth-order valence-electron chi connectivity index (χ4n) is 3.24. The minimum Gasteiger partial charge on any atom is -0.397 e. The third-order valence-corrected chi connectivity index (χ3v) is 6.84. The van der Waals surface area contributed by atoms with E-state index in [4.69, 9.17) is 29.6 Å². The van der Waals surface area contributed by atoms with Crippen LogP contribution in [-0.4, -0.2) is 77.8 Å². The third-order valence-electron chi connectivity index (χ3n) is 5.09. The number of rotatable bonds is 6. The highest BCUT2D eigenvalue weighted by Crippen LogP contribution is 2.24. The Bertz CT molecular complexity index is 1120. The topological polar surface area (TPSA) is 133 Å². The van der Waals surface area contributed by atoms with Crippen molar-refractivity contribution in [3.8, 4) is 0 Å². The molecule has 1 aromatic heterocycles. The summed E-state index contributed by atoms with van der Waals surface area (Å²) >= 11 is 12.4. The van der Waals surface area contributed by atoms with Gasteiger partial charge in [-0.3, -0.25) is 14.4 Å². The second-order valence-electron chi connectivity index (χ2n) is 8.04. The normalized spacial score (nSPS) is 14.0. The highest BCUT2D eigenvalue weighted by molar-refractivity contribution is 7.82. The van der Waals surface area contributed by atoms with E-state index in [0.29, 0.717) is 21.4 Å². The molecule has 1 atom stereocenters. The van der Waals surface area contributed by atoms with Gasteiger partial charge in [-0.1, -0.05) is 23.8 Å². The van der Waals surface area contributed by atoms with Gasteiger partial charge in [-0.2, -0.15) is 0 Å². The first-order valence-electron chi connectivity index (χ1n) is 10.4. The summed E-state index contributed by atoms with van der Waals surface area (Å²) in [5.74, 6) is -1.39. The first kappa shape index (κ1) is 25.8. The number of aromatic nitrogens is 1. The molecule has 0 saturated carbocycles. The lowest BCUT2D eigenvalue weighted by Gasteiger charge is -2.22. The van der Waals surface area contributed by atoms with Gasteiger partial charge in [-0.05, 0) is 25.2 Å².